The fourth-order valence-electron chi connectivity index (χ4n) is 3.30. The summed E-state index contributed by atoms with van der Waals surface area (Å²) in [4.78, 5) is 2.53. The Bertz CT molecular complexity index is 470. The van der Waals surface area contributed by atoms with Gasteiger partial charge in [0, 0.05) is 29.3 Å². The first kappa shape index (κ1) is 13.3. The number of anilines is 1. The predicted octanol–water partition coefficient (Wildman–Crippen LogP) is 3.62. The minimum Gasteiger partial charge on any atom is -0.369 e. The van der Waals surface area contributed by atoms with Gasteiger partial charge >= 0.3 is 0 Å². The lowest BCUT2D eigenvalue weighted by molar-refractivity contribution is 0.331. The van der Waals surface area contributed by atoms with Gasteiger partial charge in [0.05, 0.1) is 0 Å². The SMILES string of the molecule is Cc1ccc(Cl)cc1N1CCCNC(C)(C2CC2)C1. The zero-order valence-electron chi connectivity index (χ0n) is 11.9. The van der Waals surface area contributed by atoms with E-state index in [9.17, 15) is 0 Å². The van der Waals surface area contributed by atoms with Crippen LogP contribution in [0.25, 0.3) is 0 Å². The number of benzene rings is 1. The summed E-state index contributed by atoms with van der Waals surface area (Å²) in [6.45, 7) is 7.92. The van der Waals surface area contributed by atoms with Crippen molar-refractivity contribution in [3.63, 3.8) is 0 Å². The molecule has 0 radical (unpaired) electrons. The fraction of sp³-hybridized carbons (Fsp3) is 0.625. The Morgan fingerprint density at radius 1 is 1.37 bits per heavy atom. The molecule has 1 saturated carbocycles. The van der Waals surface area contributed by atoms with Gasteiger partial charge in [-0.2, -0.15) is 0 Å². The molecule has 0 amide bonds. The maximum Gasteiger partial charge on any atom is 0.0426 e. The van der Waals surface area contributed by atoms with Crippen LogP contribution in [0.1, 0.15) is 31.7 Å². The second-order valence-corrected chi connectivity index (χ2v) is 6.76. The molecule has 104 valence electrons. The third-order valence-corrected chi connectivity index (χ3v) is 4.88. The van der Waals surface area contributed by atoms with E-state index >= 15 is 0 Å². The van der Waals surface area contributed by atoms with Crippen molar-refractivity contribution in [1.82, 2.24) is 5.32 Å². The van der Waals surface area contributed by atoms with Gasteiger partial charge in [-0.25, -0.2) is 0 Å². The summed E-state index contributed by atoms with van der Waals surface area (Å²) in [7, 11) is 0. The monoisotopic (exact) mass is 278 g/mol. The zero-order chi connectivity index (χ0) is 13.5. The Balaban J connectivity index is 1.88. The highest BCUT2D eigenvalue weighted by Crippen LogP contribution is 2.41. The molecule has 19 heavy (non-hydrogen) atoms. The minimum absolute atomic E-state index is 0.269. The van der Waals surface area contributed by atoms with Crippen LogP contribution in [-0.4, -0.2) is 25.2 Å². The first-order chi connectivity index (χ1) is 9.08. The quantitative estimate of drug-likeness (QED) is 0.889. The van der Waals surface area contributed by atoms with Gasteiger partial charge in [0.2, 0.25) is 0 Å². The third-order valence-electron chi connectivity index (χ3n) is 4.64. The highest BCUT2D eigenvalue weighted by molar-refractivity contribution is 6.30. The highest BCUT2D eigenvalue weighted by Gasteiger charge is 2.43. The van der Waals surface area contributed by atoms with Crippen molar-refractivity contribution in [2.45, 2.75) is 38.6 Å². The molecule has 0 spiro atoms. The Morgan fingerprint density at radius 2 is 2.16 bits per heavy atom. The number of hydrogen-bond acceptors (Lipinski definition) is 2. The van der Waals surface area contributed by atoms with E-state index in [0.29, 0.717) is 0 Å². The number of nitrogens with zero attached hydrogens (tertiary/aromatic N) is 1. The van der Waals surface area contributed by atoms with Crippen LogP contribution in [0.4, 0.5) is 5.69 Å². The standard InChI is InChI=1S/C16H23ClN2/c1-12-4-7-14(17)10-15(12)19-9-3-8-18-16(2,11-19)13-5-6-13/h4,7,10,13,18H,3,5-6,8-9,11H2,1-2H3. The van der Waals surface area contributed by atoms with Gasteiger partial charge in [0.1, 0.15) is 0 Å². The zero-order valence-corrected chi connectivity index (χ0v) is 12.6. The Hall–Kier alpha value is -0.730. The smallest absolute Gasteiger partial charge is 0.0426 e. The molecule has 2 fully saturated rings. The van der Waals surface area contributed by atoms with Crippen molar-refractivity contribution in [3.8, 4) is 0 Å². The van der Waals surface area contributed by atoms with Crippen molar-refractivity contribution >= 4 is 17.3 Å². The van der Waals surface area contributed by atoms with Crippen LogP contribution in [0.3, 0.4) is 0 Å². The van der Waals surface area contributed by atoms with E-state index in [4.69, 9.17) is 11.6 Å². The molecule has 1 heterocycles. The second kappa shape index (κ2) is 4.99. The minimum atomic E-state index is 0.269. The summed E-state index contributed by atoms with van der Waals surface area (Å²) in [5, 5.41) is 4.62. The van der Waals surface area contributed by atoms with Crippen LogP contribution in [0.2, 0.25) is 5.02 Å². The first-order valence-corrected chi connectivity index (χ1v) is 7.72. The largest absolute Gasteiger partial charge is 0.369 e. The van der Waals surface area contributed by atoms with Crippen molar-refractivity contribution in [3.05, 3.63) is 28.8 Å². The molecule has 2 nitrogen and oxygen atoms in total. The number of hydrogen-bond donors (Lipinski definition) is 1. The summed E-state index contributed by atoms with van der Waals surface area (Å²) < 4.78 is 0. The van der Waals surface area contributed by atoms with Gasteiger partial charge in [0.25, 0.3) is 0 Å². The molecular formula is C16H23ClN2. The Morgan fingerprint density at radius 3 is 2.89 bits per heavy atom. The lowest BCUT2D eigenvalue weighted by atomic mass is 9.95. The Labute approximate surface area is 121 Å². The molecular weight excluding hydrogens is 256 g/mol. The average Bonchev–Trinajstić information content (AvgIpc) is 3.19. The summed E-state index contributed by atoms with van der Waals surface area (Å²) in [6, 6.07) is 6.23. The van der Waals surface area contributed by atoms with E-state index in [1.54, 1.807) is 0 Å². The number of nitrogens with one attached hydrogen (secondary N) is 1. The van der Waals surface area contributed by atoms with Crippen LogP contribution in [0.15, 0.2) is 18.2 Å². The summed E-state index contributed by atoms with van der Waals surface area (Å²) >= 11 is 6.18. The molecule has 1 aliphatic carbocycles. The van der Waals surface area contributed by atoms with Crippen LogP contribution >= 0.6 is 11.6 Å². The lowest BCUT2D eigenvalue weighted by Crippen LogP contribution is -2.51. The average molecular weight is 279 g/mol. The molecule has 1 aromatic carbocycles. The Kier molecular flexibility index (Phi) is 3.48. The molecule has 1 N–H and O–H groups in total. The van der Waals surface area contributed by atoms with Crippen LogP contribution in [0, 0.1) is 12.8 Å². The van der Waals surface area contributed by atoms with Crippen molar-refractivity contribution < 1.29 is 0 Å². The van der Waals surface area contributed by atoms with Crippen molar-refractivity contribution in [2.75, 3.05) is 24.5 Å². The van der Waals surface area contributed by atoms with Gasteiger partial charge in [-0.3, -0.25) is 0 Å². The molecule has 1 unspecified atom stereocenters. The first-order valence-electron chi connectivity index (χ1n) is 7.35. The molecule has 2 aliphatic rings. The van der Waals surface area contributed by atoms with E-state index in [1.807, 2.05) is 6.07 Å². The maximum atomic E-state index is 6.18. The second-order valence-electron chi connectivity index (χ2n) is 6.32. The molecule has 1 aromatic rings. The number of aryl methyl sites for hydroxylation is 1. The van der Waals surface area contributed by atoms with E-state index in [-0.39, 0.29) is 5.54 Å². The van der Waals surface area contributed by atoms with E-state index in [1.165, 1.54) is 30.5 Å². The summed E-state index contributed by atoms with van der Waals surface area (Å²) in [5.41, 5.74) is 2.90. The molecule has 3 heteroatoms. The van der Waals surface area contributed by atoms with Crippen LogP contribution in [0.5, 0.6) is 0 Å². The van der Waals surface area contributed by atoms with Crippen molar-refractivity contribution in [2.24, 2.45) is 5.92 Å². The topological polar surface area (TPSA) is 15.3 Å². The number of halogens is 1. The van der Waals surface area contributed by atoms with Gasteiger partial charge in [-0.15, -0.1) is 0 Å². The summed E-state index contributed by atoms with van der Waals surface area (Å²) in [5.74, 6) is 0.854. The molecule has 1 aliphatic heterocycles. The maximum absolute atomic E-state index is 6.18. The molecule has 0 bridgehead atoms. The fourth-order valence-corrected chi connectivity index (χ4v) is 3.46. The number of rotatable bonds is 2. The molecule has 3 rings (SSSR count). The molecule has 1 atom stereocenters. The third kappa shape index (κ3) is 2.75. The summed E-state index contributed by atoms with van der Waals surface area (Å²) in [6.07, 6.45) is 3.96. The van der Waals surface area contributed by atoms with Crippen LogP contribution < -0.4 is 10.2 Å². The van der Waals surface area contributed by atoms with Gasteiger partial charge < -0.3 is 10.2 Å². The lowest BCUT2D eigenvalue weighted by Gasteiger charge is -2.35. The normalized spacial score (nSPS) is 28.3. The van der Waals surface area contributed by atoms with E-state index < -0.39 is 0 Å². The van der Waals surface area contributed by atoms with Crippen LogP contribution in [-0.2, 0) is 0 Å². The van der Waals surface area contributed by atoms with E-state index in [2.05, 4.69) is 36.2 Å². The molecule has 0 aromatic heterocycles. The van der Waals surface area contributed by atoms with Gasteiger partial charge in [-0.05, 0) is 63.3 Å². The molecule has 1 saturated heterocycles. The highest BCUT2D eigenvalue weighted by atomic mass is 35.5. The predicted molar refractivity (Wildman–Crippen MR) is 82.2 cm³/mol. The van der Waals surface area contributed by atoms with E-state index in [0.717, 1.165) is 30.6 Å². The van der Waals surface area contributed by atoms with Gasteiger partial charge in [-0.1, -0.05) is 17.7 Å². The van der Waals surface area contributed by atoms with Crippen molar-refractivity contribution in [1.29, 1.82) is 0 Å². The van der Waals surface area contributed by atoms with Gasteiger partial charge in [0.15, 0.2) is 0 Å².